The lowest BCUT2D eigenvalue weighted by Crippen LogP contribution is -2.54. The fourth-order valence-electron chi connectivity index (χ4n) is 1.95. The van der Waals surface area contributed by atoms with Gasteiger partial charge in [0.2, 0.25) is 0 Å². The first-order chi connectivity index (χ1) is 6.13. The number of nitrogens with two attached hydrogens (primary N) is 1. The number of piperazine rings is 1. The molecule has 1 atom stereocenters. The van der Waals surface area contributed by atoms with E-state index in [0.29, 0.717) is 6.04 Å². The van der Waals surface area contributed by atoms with E-state index in [1.807, 2.05) is 0 Å². The Kier molecular flexibility index (Phi) is 4.16. The molecule has 1 rings (SSSR count). The van der Waals surface area contributed by atoms with Crippen LogP contribution in [0, 0.1) is 5.92 Å². The fraction of sp³-hybridized carbons (Fsp3) is 1.00. The maximum Gasteiger partial charge on any atom is 0.0343 e. The summed E-state index contributed by atoms with van der Waals surface area (Å²) in [6.45, 7) is 10.0. The Labute approximate surface area is 81.9 Å². The summed E-state index contributed by atoms with van der Waals surface area (Å²) in [6, 6.07) is 0.562. The summed E-state index contributed by atoms with van der Waals surface area (Å²) in [5.74, 6) is 0.766. The van der Waals surface area contributed by atoms with E-state index in [9.17, 15) is 0 Å². The zero-order valence-corrected chi connectivity index (χ0v) is 9.16. The first kappa shape index (κ1) is 11.0. The molecular formula is C10H23N3. The molecule has 1 unspecified atom stereocenters. The van der Waals surface area contributed by atoms with Crippen molar-refractivity contribution in [1.82, 2.24) is 9.80 Å². The van der Waals surface area contributed by atoms with E-state index in [4.69, 9.17) is 5.73 Å². The Morgan fingerprint density at radius 1 is 1.38 bits per heavy atom. The molecule has 13 heavy (non-hydrogen) atoms. The van der Waals surface area contributed by atoms with E-state index in [1.54, 1.807) is 0 Å². The van der Waals surface area contributed by atoms with Crippen LogP contribution in [-0.4, -0.2) is 55.6 Å². The highest BCUT2D eigenvalue weighted by Gasteiger charge is 2.22. The minimum Gasteiger partial charge on any atom is -0.329 e. The van der Waals surface area contributed by atoms with Gasteiger partial charge in [-0.25, -0.2) is 0 Å². The van der Waals surface area contributed by atoms with Gasteiger partial charge in [-0.05, 0) is 13.0 Å². The molecule has 2 N–H and O–H groups in total. The van der Waals surface area contributed by atoms with E-state index in [0.717, 1.165) is 25.6 Å². The molecule has 0 bridgehead atoms. The lowest BCUT2D eigenvalue weighted by Gasteiger charge is -2.39. The third-order valence-electron chi connectivity index (χ3n) is 2.76. The third kappa shape index (κ3) is 3.25. The summed E-state index contributed by atoms with van der Waals surface area (Å²) < 4.78 is 0. The highest BCUT2D eigenvalue weighted by atomic mass is 15.3. The smallest absolute Gasteiger partial charge is 0.0343 e. The molecule has 1 aliphatic rings. The van der Waals surface area contributed by atoms with Crippen molar-refractivity contribution in [2.45, 2.75) is 19.9 Å². The Balaban J connectivity index is 2.36. The van der Waals surface area contributed by atoms with E-state index in [-0.39, 0.29) is 0 Å². The molecule has 3 nitrogen and oxygen atoms in total. The van der Waals surface area contributed by atoms with Crippen LogP contribution >= 0.6 is 0 Å². The molecule has 78 valence electrons. The molecule has 0 amide bonds. The summed E-state index contributed by atoms with van der Waals surface area (Å²) >= 11 is 0. The number of nitrogens with zero attached hydrogens (tertiary/aromatic N) is 2. The number of hydrogen-bond donors (Lipinski definition) is 1. The minimum atomic E-state index is 0.562. The lowest BCUT2D eigenvalue weighted by molar-refractivity contribution is 0.0913. The van der Waals surface area contributed by atoms with E-state index >= 15 is 0 Å². The van der Waals surface area contributed by atoms with Crippen molar-refractivity contribution < 1.29 is 0 Å². The molecule has 0 aliphatic carbocycles. The number of likely N-dealkylation sites (N-methyl/N-ethyl adjacent to an activating group) is 1. The summed E-state index contributed by atoms with van der Waals surface area (Å²) in [4.78, 5) is 4.90. The Hall–Kier alpha value is -0.120. The molecule has 1 aliphatic heterocycles. The first-order valence-corrected chi connectivity index (χ1v) is 5.26. The van der Waals surface area contributed by atoms with Crippen LogP contribution < -0.4 is 5.73 Å². The zero-order valence-electron chi connectivity index (χ0n) is 9.16. The van der Waals surface area contributed by atoms with Crippen LogP contribution in [0.4, 0.5) is 0 Å². The SMILES string of the molecule is CC(C)CN1CCN(C)C(CN)C1. The average Bonchev–Trinajstić information content (AvgIpc) is 2.07. The molecule has 0 spiro atoms. The zero-order chi connectivity index (χ0) is 9.84. The minimum absolute atomic E-state index is 0.562. The predicted molar refractivity (Wildman–Crippen MR) is 56.8 cm³/mol. The maximum absolute atomic E-state index is 5.72. The molecule has 0 aromatic carbocycles. The van der Waals surface area contributed by atoms with Crippen LogP contribution in [0.1, 0.15) is 13.8 Å². The van der Waals surface area contributed by atoms with E-state index in [2.05, 4.69) is 30.7 Å². The number of hydrogen-bond acceptors (Lipinski definition) is 3. The van der Waals surface area contributed by atoms with Gasteiger partial charge in [-0.2, -0.15) is 0 Å². The van der Waals surface area contributed by atoms with Crippen molar-refractivity contribution in [2.24, 2.45) is 11.7 Å². The second kappa shape index (κ2) is 4.94. The highest BCUT2D eigenvalue weighted by Crippen LogP contribution is 2.08. The summed E-state index contributed by atoms with van der Waals surface area (Å²) in [6.07, 6.45) is 0. The van der Waals surface area contributed by atoms with Gasteiger partial charge in [-0.3, -0.25) is 4.90 Å². The quantitative estimate of drug-likeness (QED) is 0.682. The van der Waals surface area contributed by atoms with Gasteiger partial charge in [0.05, 0.1) is 0 Å². The van der Waals surface area contributed by atoms with Crippen molar-refractivity contribution in [3.63, 3.8) is 0 Å². The van der Waals surface area contributed by atoms with Crippen molar-refractivity contribution in [3.05, 3.63) is 0 Å². The van der Waals surface area contributed by atoms with Crippen LogP contribution in [0.5, 0.6) is 0 Å². The van der Waals surface area contributed by atoms with Crippen LogP contribution in [-0.2, 0) is 0 Å². The Morgan fingerprint density at radius 2 is 2.08 bits per heavy atom. The molecule has 1 saturated heterocycles. The highest BCUT2D eigenvalue weighted by molar-refractivity contribution is 4.80. The van der Waals surface area contributed by atoms with Gasteiger partial charge in [0.25, 0.3) is 0 Å². The molecule has 0 saturated carbocycles. The van der Waals surface area contributed by atoms with Gasteiger partial charge in [-0.1, -0.05) is 13.8 Å². The van der Waals surface area contributed by atoms with Crippen LogP contribution in [0.25, 0.3) is 0 Å². The Morgan fingerprint density at radius 3 is 2.62 bits per heavy atom. The summed E-state index contributed by atoms with van der Waals surface area (Å²) in [5, 5.41) is 0. The molecule has 0 aromatic rings. The van der Waals surface area contributed by atoms with Crippen molar-refractivity contribution in [2.75, 3.05) is 39.8 Å². The van der Waals surface area contributed by atoms with Crippen LogP contribution in [0.15, 0.2) is 0 Å². The standard InChI is InChI=1S/C10H23N3/c1-9(2)7-13-5-4-12(3)10(6-11)8-13/h9-10H,4-8,11H2,1-3H3. The normalized spacial score (nSPS) is 27.0. The maximum atomic E-state index is 5.72. The first-order valence-electron chi connectivity index (χ1n) is 5.26. The van der Waals surface area contributed by atoms with Gasteiger partial charge in [0, 0.05) is 38.8 Å². The average molecular weight is 185 g/mol. The monoisotopic (exact) mass is 185 g/mol. The predicted octanol–water partition coefficient (Wildman–Crippen LogP) is 0.217. The third-order valence-corrected chi connectivity index (χ3v) is 2.76. The molecule has 1 heterocycles. The van der Waals surface area contributed by atoms with Crippen LogP contribution in [0.3, 0.4) is 0 Å². The van der Waals surface area contributed by atoms with Crippen molar-refractivity contribution >= 4 is 0 Å². The van der Waals surface area contributed by atoms with Crippen molar-refractivity contribution in [3.8, 4) is 0 Å². The molecule has 0 aromatic heterocycles. The van der Waals surface area contributed by atoms with Crippen LogP contribution in [0.2, 0.25) is 0 Å². The van der Waals surface area contributed by atoms with E-state index in [1.165, 1.54) is 13.1 Å². The fourth-order valence-corrected chi connectivity index (χ4v) is 1.95. The second-order valence-corrected chi connectivity index (χ2v) is 4.52. The number of rotatable bonds is 3. The summed E-state index contributed by atoms with van der Waals surface area (Å²) in [7, 11) is 2.17. The van der Waals surface area contributed by atoms with Gasteiger partial charge < -0.3 is 10.6 Å². The molecule has 0 radical (unpaired) electrons. The van der Waals surface area contributed by atoms with Gasteiger partial charge in [0.15, 0.2) is 0 Å². The molecule has 1 fully saturated rings. The largest absolute Gasteiger partial charge is 0.329 e. The van der Waals surface area contributed by atoms with Gasteiger partial charge in [0.1, 0.15) is 0 Å². The molecule has 3 heteroatoms. The summed E-state index contributed by atoms with van der Waals surface area (Å²) in [5.41, 5.74) is 5.72. The van der Waals surface area contributed by atoms with Gasteiger partial charge >= 0.3 is 0 Å². The molecular weight excluding hydrogens is 162 g/mol. The van der Waals surface area contributed by atoms with E-state index < -0.39 is 0 Å². The van der Waals surface area contributed by atoms with Crippen molar-refractivity contribution in [1.29, 1.82) is 0 Å². The van der Waals surface area contributed by atoms with Gasteiger partial charge in [-0.15, -0.1) is 0 Å². The lowest BCUT2D eigenvalue weighted by atomic mass is 10.1. The Bertz CT molecular complexity index is 147. The second-order valence-electron chi connectivity index (χ2n) is 4.52. The topological polar surface area (TPSA) is 32.5 Å².